The van der Waals surface area contributed by atoms with Gasteiger partial charge < -0.3 is 4.74 Å². The van der Waals surface area contributed by atoms with Gasteiger partial charge in [0.15, 0.2) is 0 Å². The molecule has 7 heteroatoms. The summed E-state index contributed by atoms with van der Waals surface area (Å²) in [7, 11) is 0.922. The third kappa shape index (κ3) is 3.27. The minimum atomic E-state index is -4.01. The Morgan fingerprint density at radius 3 is 2.25 bits per heavy atom. The van der Waals surface area contributed by atoms with Gasteiger partial charge in [-0.1, -0.05) is 0 Å². The van der Waals surface area contributed by atoms with Crippen molar-refractivity contribution in [3.05, 3.63) is 0 Å². The summed E-state index contributed by atoms with van der Waals surface area (Å²) in [5.74, 6) is 0. The van der Waals surface area contributed by atoms with Crippen molar-refractivity contribution in [3.8, 4) is 0 Å². The van der Waals surface area contributed by atoms with Gasteiger partial charge in [-0.25, -0.2) is 4.79 Å². The summed E-state index contributed by atoms with van der Waals surface area (Å²) in [4.78, 5) is 10.9. The normalized spacial score (nSPS) is 10.9. The van der Waals surface area contributed by atoms with Crippen LogP contribution in [-0.4, -0.2) is 32.0 Å². The molecule has 0 heterocycles. The summed E-state index contributed by atoms with van der Waals surface area (Å²) < 4.78 is 26.2. The Kier molecular flexibility index (Phi) is 4.33. The molecule has 0 radical (unpaired) electrons. The smallest absolute Gasteiger partial charge is 0.424 e. The van der Waals surface area contributed by atoms with Crippen LogP contribution in [0.3, 0.4) is 0 Å². The third-order valence-electron chi connectivity index (χ3n) is 1.02. The first-order valence-electron chi connectivity index (χ1n) is 3.32. The van der Waals surface area contributed by atoms with Gasteiger partial charge in [0, 0.05) is 17.2 Å². The van der Waals surface area contributed by atoms with Crippen LogP contribution >= 0.6 is 10.7 Å². The predicted molar refractivity (Wildman–Crippen MR) is 44.2 cm³/mol. The second kappa shape index (κ2) is 4.51. The summed E-state index contributed by atoms with van der Waals surface area (Å²) in [5, 5.41) is 0. The Bertz CT molecular complexity index is 250. The van der Waals surface area contributed by atoms with Crippen molar-refractivity contribution < 1.29 is 17.9 Å². The lowest BCUT2D eigenvalue weighted by Gasteiger charge is -2.14. The minimum Gasteiger partial charge on any atom is -0.449 e. The number of ether oxygens (including phenoxy) is 1. The quantitative estimate of drug-likeness (QED) is 0.658. The van der Waals surface area contributed by atoms with Crippen molar-refractivity contribution >= 4 is 26.0 Å². The summed E-state index contributed by atoms with van der Waals surface area (Å²) in [6, 6.07) is 0. The zero-order chi connectivity index (χ0) is 9.78. The van der Waals surface area contributed by atoms with E-state index in [0.29, 0.717) is 4.31 Å². The van der Waals surface area contributed by atoms with Crippen LogP contribution in [0, 0.1) is 0 Å². The van der Waals surface area contributed by atoms with E-state index in [1.54, 1.807) is 6.92 Å². The summed E-state index contributed by atoms with van der Waals surface area (Å²) in [6.45, 7) is 3.13. The average Bonchev–Trinajstić information content (AvgIpc) is 1.85. The maximum Gasteiger partial charge on any atom is 0.424 e. The highest BCUT2D eigenvalue weighted by atomic mass is 35.7. The zero-order valence-corrected chi connectivity index (χ0v) is 8.35. The first-order valence-corrected chi connectivity index (χ1v) is 5.59. The van der Waals surface area contributed by atoms with Gasteiger partial charge >= 0.3 is 15.3 Å². The molecule has 0 aliphatic carbocycles. The molecule has 72 valence electrons. The van der Waals surface area contributed by atoms with E-state index in [2.05, 4.69) is 4.74 Å². The molecule has 0 aromatic rings. The van der Waals surface area contributed by atoms with Crippen LogP contribution in [-0.2, 0) is 14.0 Å². The van der Waals surface area contributed by atoms with Gasteiger partial charge in [-0.15, -0.1) is 0 Å². The van der Waals surface area contributed by atoms with Crippen LogP contribution in [0.25, 0.3) is 0 Å². The number of hydrogen-bond donors (Lipinski definition) is 0. The fourth-order valence-corrected chi connectivity index (χ4v) is 1.57. The minimum absolute atomic E-state index is 0.0370. The molecule has 0 spiro atoms. The van der Waals surface area contributed by atoms with Crippen molar-refractivity contribution in [2.45, 2.75) is 13.8 Å². The van der Waals surface area contributed by atoms with Gasteiger partial charge in [0.1, 0.15) is 0 Å². The molecule has 0 aromatic carbocycles. The SMILES string of the molecule is CCOC(=O)N(CC)S(=O)(=O)Cl. The van der Waals surface area contributed by atoms with E-state index in [4.69, 9.17) is 10.7 Å². The van der Waals surface area contributed by atoms with E-state index < -0.39 is 15.3 Å². The molecule has 0 aliphatic rings. The molecule has 0 N–H and O–H groups in total. The lowest BCUT2D eigenvalue weighted by Crippen LogP contribution is -2.34. The molecule has 12 heavy (non-hydrogen) atoms. The summed E-state index contributed by atoms with van der Waals surface area (Å²) in [6.07, 6.45) is -0.949. The van der Waals surface area contributed by atoms with Gasteiger partial charge in [-0.3, -0.25) is 0 Å². The largest absolute Gasteiger partial charge is 0.449 e. The van der Waals surface area contributed by atoms with Gasteiger partial charge in [0.2, 0.25) is 0 Å². The predicted octanol–water partition coefficient (Wildman–Crippen LogP) is 0.948. The van der Waals surface area contributed by atoms with Crippen LogP contribution in [0.1, 0.15) is 13.8 Å². The molecule has 0 saturated heterocycles. The number of carbonyl (C=O) groups excluding carboxylic acids is 1. The molecule has 5 nitrogen and oxygen atoms in total. The third-order valence-corrected chi connectivity index (χ3v) is 2.46. The number of hydrogen-bond acceptors (Lipinski definition) is 4. The van der Waals surface area contributed by atoms with Gasteiger partial charge in [0.05, 0.1) is 6.61 Å². The molecule has 0 aliphatic heterocycles. The van der Waals surface area contributed by atoms with Crippen LogP contribution in [0.4, 0.5) is 4.79 Å². The van der Waals surface area contributed by atoms with E-state index in [1.165, 1.54) is 6.92 Å². The lowest BCUT2D eigenvalue weighted by atomic mass is 10.7. The maximum atomic E-state index is 10.9. The Morgan fingerprint density at radius 1 is 1.50 bits per heavy atom. The van der Waals surface area contributed by atoms with E-state index in [1.807, 2.05) is 0 Å². The number of halogens is 1. The lowest BCUT2D eigenvalue weighted by molar-refractivity contribution is 0.133. The molecule has 0 atom stereocenters. The Labute approximate surface area is 75.8 Å². The maximum absolute atomic E-state index is 10.9. The van der Waals surface area contributed by atoms with Gasteiger partial charge in [0.25, 0.3) is 0 Å². The number of nitrogens with zero attached hydrogens (tertiary/aromatic N) is 1. The van der Waals surface area contributed by atoms with E-state index in [9.17, 15) is 13.2 Å². The first-order chi connectivity index (χ1) is 5.43. The Hall–Kier alpha value is -0.490. The number of amides is 1. The molecule has 1 amide bonds. The molecular weight excluding hydrogens is 206 g/mol. The van der Waals surface area contributed by atoms with Crippen LogP contribution in [0.5, 0.6) is 0 Å². The average molecular weight is 216 g/mol. The Balaban J connectivity index is 4.47. The molecule has 0 rings (SSSR count). The second-order valence-electron chi connectivity index (χ2n) is 1.81. The van der Waals surface area contributed by atoms with Crippen molar-refractivity contribution in [3.63, 3.8) is 0 Å². The highest BCUT2D eigenvalue weighted by molar-refractivity contribution is 8.12. The molecule has 0 saturated carbocycles. The highest BCUT2D eigenvalue weighted by Gasteiger charge is 2.24. The summed E-state index contributed by atoms with van der Waals surface area (Å²) >= 11 is 0. The molecular formula is C5H10ClNO4S. The topological polar surface area (TPSA) is 63.7 Å². The van der Waals surface area contributed by atoms with Gasteiger partial charge in [-0.05, 0) is 13.8 Å². The van der Waals surface area contributed by atoms with Crippen molar-refractivity contribution in [1.82, 2.24) is 4.31 Å². The fraction of sp³-hybridized carbons (Fsp3) is 0.800. The van der Waals surface area contributed by atoms with Crippen LogP contribution < -0.4 is 0 Å². The Morgan fingerprint density at radius 2 is 2.00 bits per heavy atom. The first kappa shape index (κ1) is 11.5. The van der Waals surface area contributed by atoms with Crippen LogP contribution in [0.15, 0.2) is 0 Å². The van der Waals surface area contributed by atoms with Gasteiger partial charge in [-0.2, -0.15) is 12.7 Å². The van der Waals surface area contributed by atoms with Crippen LogP contribution in [0.2, 0.25) is 0 Å². The highest BCUT2D eigenvalue weighted by Crippen LogP contribution is 2.07. The van der Waals surface area contributed by atoms with E-state index in [-0.39, 0.29) is 13.2 Å². The number of carbonyl (C=O) groups is 1. The van der Waals surface area contributed by atoms with Crippen molar-refractivity contribution in [1.29, 1.82) is 0 Å². The fourth-order valence-electron chi connectivity index (χ4n) is 0.568. The molecule has 0 bridgehead atoms. The standard InChI is InChI=1S/C5H10ClNO4S/c1-3-7(12(6,9)10)5(8)11-4-2/h3-4H2,1-2H3. The molecule has 0 fully saturated rings. The zero-order valence-electron chi connectivity index (χ0n) is 6.78. The number of rotatable bonds is 3. The molecule has 0 aromatic heterocycles. The van der Waals surface area contributed by atoms with Crippen molar-refractivity contribution in [2.75, 3.05) is 13.2 Å². The monoisotopic (exact) mass is 215 g/mol. The van der Waals surface area contributed by atoms with Crippen molar-refractivity contribution in [2.24, 2.45) is 0 Å². The van der Waals surface area contributed by atoms with E-state index >= 15 is 0 Å². The second-order valence-corrected chi connectivity index (χ2v) is 4.24. The summed E-state index contributed by atoms with van der Waals surface area (Å²) in [5.41, 5.74) is 0. The van der Waals surface area contributed by atoms with E-state index in [0.717, 1.165) is 0 Å². The molecule has 0 unspecified atom stereocenters.